The molecular weight excluding hydrogens is 547 g/mol. The number of hydrogen-bond acceptors (Lipinski definition) is 4. The van der Waals surface area contributed by atoms with Gasteiger partial charge in [0, 0.05) is 43.6 Å². The predicted molar refractivity (Wildman–Crippen MR) is 180 cm³/mol. The van der Waals surface area contributed by atoms with Crippen molar-refractivity contribution in [3.8, 4) is 5.75 Å². The summed E-state index contributed by atoms with van der Waals surface area (Å²) in [6.07, 6.45) is 6.80. The lowest BCUT2D eigenvalue weighted by atomic mass is 10.1. The Labute approximate surface area is 258 Å². The van der Waals surface area contributed by atoms with E-state index in [1.807, 2.05) is 42.7 Å². The van der Waals surface area contributed by atoms with Crippen LogP contribution < -0.4 is 4.74 Å². The number of fused-ring (bicyclic) bond motifs is 1. The van der Waals surface area contributed by atoms with Gasteiger partial charge < -0.3 is 14.1 Å². The van der Waals surface area contributed by atoms with Crippen LogP contribution in [0, 0.1) is 0 Å². The number of H-pyrrole nitrogens is 1. The van der Waals surface area contributed by atoms with Gasteiger partial charge in [0.2, 0.25) is 0 Å². The van der Waals surface area contributed by atoms with Crippen molar-refractivity contribution in [3.63, 3.8) is 0 Å². The van der Waals surface area contributed by atoms with Crippen LogP contribution in [0.15, 0.2) is 110 Å². The SMILES string of the molecule is CC(C)(C)[Si](C)(C)O[C@@H](CN(CCc1c[nH]c2c(OCc3ccccc3)cccc12)Cc1ccccc1)c1cccnc1. The molecule has 0 saturated heterocycles. The molecule has 0 bridgehead atoms. The van der Waals surface area contributed by atoms with Crippen molar-refractivity contribution in [2.24, 2.45) is 0 Å². The number of benzene rings is 3. The molecule has 2 aromatic heterocycles. The Morgan fingerprint density at radius 2 is 1.58 bits per heavy atom. The van der Waals surface area contributed by atoms with Gasteiger partial charge in [-0.1, -0.05) is 99.6 Å². The summed E-state index contributed by atoms with van der Waals surface area (Å²) in [4.78, 5) is 10.5. The molecule has 0 aliphatic heterocycles. The topological polar surface area (TPSA) is 50.4 Å². The molecule has 2 heterocycles. The second kappa shape index (κ2) is 13.7. The van der Waals surface area contributed by atoms with Gasteiger partial charge in [-0.2, -0.15) is 0 Å². The van der Waals surface area contributed by atoms with Gasteiger partial charge in [0.1, 0.15) is 12.4 Å². The van der Waals surface area contributed by atoms with Crippen molar-refractivity contribution in [2.45, 2.75) is 64.6 Å². The van der Waals surface area contributed by atoms with Crippen LogP contribution in [0.25, 0.3) is 10.9 Å². The van der Waals surface area contributed by atoms with E-state index in [0.717, 1.165) is 48.4 Å². The first-order valence-electron chi connectivity index (χ1n) is 15.3. The third-order valence-corrected chi connectivity index (χ3v) is 13.2. The van der Waals surface area contributed by atoms with Crippen LogP contribution >= 0.6 is 0 Å². The van der Waals surface area contributed by atoms with E-state index in [1.54, 1.807) is 0 Å². The molecule has 0 saturated carbocycles. The molecule has 5 rings (SSSR count). The Kier molecular flexibility index (Phi) is 9.81. The zero-order valence-corrected chi connectivity index (χ0v) is 27.2. The third kappa shape index (κ3) is 8.02. The van der Waals surface area contributed by atoms with Gasteiger partial charge in [-0.15, -0.1) is 0 Å². The fraction of sp³-hybridized carbons (Fsp3) is 0.324. The maximum Gasteiger partial charge on any atom is 0.192 e. The molecule has 1 atom stereocenters. The van der Waals surface area contributed by atoms with E-state index in [-0.39, 0.29) is 11.1 Å². The highest BCUT2D eigenvalue weighted by molar-refractivity contribution is 6.74. The van der Waals surface area contributed by atoms with E-state index in [0.29, 0.717) is 6.61 Å². The first-order chi connectivity index (χ1) is 20.7. The number of pyridine rings is 1. The normalized spacial score (nSPS) is 13.0. The first-order valence-corrected chi connectivity index (χ1v) is 18.2. The minimum atomic E-state index is -2.03. The minimum Gasteiger partial charge on any atom is -0.487 e. The van der Waals surface area contributed by atoms with Crippen molar-refractivity contribution in [1.82, 2.24) is 14.9 Å². The van der Waals surface area contributed by atoms with Gasteiger partial charge in [0.25, 0.3) is 0 Å². The molecule has 0 unspecified atom stereocenters. The van der Waals surface area contributed by atoms with Crippen LogP contribution in [0.5, 0.6) is 5.75 Å². The summed E-state index contributed by atoms with van der Waals surface area (Å²) in [6.45, 7) is 14.7. The second-order valence-corrected chi connectivity index (χ2v) is 17.6. The predicted octanol–water partition coefficient (Wildman–Crippen LogP) is 8.95. The van der Waals surface area contributed by atoms with Gasteiger partial charge in [-0.05, 0) is 58.9 Å². The Morgan fingerprint density at radius 1 is 0.860 bits per heavy atom. The molecule has 224 valence electrons. The Balaban J connectivity index is 1.37. The highest BCUT2D eigenvalue weighted by Gasteiger charge is 2.39. The molecule has 0 aliphatic rings. The molecule has 0 fully saturated rings. The molecule has 0 radical (unpaired) electrons. The number of para-hydroxylation sites is 1. The highest BCUT2D eigenvalue weighted by Crippen LogP contribution is 2.40. The lowest BCUT2D eigenvalue weighted by Crippen LogP contribution is -2.44. The summed E-state index contributed by atoms with van der Waals surface area (Å²) in [7, 11) is -2.03. The summed E-state index contributed by atoms with van der Waals surface area (Å²) >= 11 is 0. The van der Waals surface area contributed by atoms with E-state index >= 15 is 0 Å². The molecule has 5 aromatic rings. The average Bonchev–Trinajstić information content (AvgIpc) is 3.43. The number of nitrogens with zero attached hydrogens (tertiary/aromatic N) is 2. The summed E-state index contributed by atoms with van der Waals surface area (Å²) in [6, 6.07) is 31.5. The maximum absolute atomic E-state index is 7.08. The van der Waals surface area contributed by atoms with Gasteiger partial charge in [0.15, 0.2) is 8.32 Å². The molecule has 0 aliphatic carbocycles. The molecule has 43 heavy (non-hydrogen) atoms. The standard InChI is InChI=1S/C37H45N3O2Si/c1-37(2,3)43(4,5)42-35(32-18-13-22-38-24-32)27-40(26-29-14-8-6-9-15-29)23-21-31-25-39-36-33(31)19-12-20-34(36)41-28-30-16-10-7-11-17-30/h6-20,22,24-25,35,39H,21,23,26-28H2,1-5H3/t35-/m0/s1. The molecule has 5 nitrogen and oxygen atoms in total. The van der Waals surface area contributed by atoms with Crippen LogP contribution in [-0.2, 0) is 24.0 Å². The van der Waals surface area contributed by atoms with Gasteiger partial charge in [0.05, 0.1) is 11.6 Å². The maximum atomic E-state index is 7.08. The largest absolute Gasteiger partial charge is 0.487 e. The zero-order chi connectivity index (χ0) is 30.3. The smallest absolute Gasteiger partial charge is 0.192 e. The summed E-state index contributed by atoms with van der Waals surface area (Å²) < 4.78 is 13.3. The molecular formula is C37H45N3O2Si. The van der Waals surface area contributed by atoms with E-state index in [1.165, 1.54) is 16.5 Å². The Hall–Kier alpha value is -3.71. The van der Waals surface area contributed by atoms with Crippen LogP contribution in [-0.4, -0.2) is 36.3 Å². The molecule has 0 amide bonds. The minimum absolute atomic E-state index is 0.0562. The number of nitrogens with one attached hydrogen (secondary N) is 1. The number of rotatable bonds is 13. The highest BCUT2D eigenvalue weighted by atomic mass is 28.4. The van der Waals surface area contributed by atoms with Crippen LogP contribution in [0.2, 0.25) is 18.1 Å². The Morgan fingerprint density at radius 3 is 2.26 bits per heavy atom. The lowest BCUT2D eigenvalue weighted by molar-refractivity contribution is 0.116. The first kappa shape index (κ1) is 30.7. The van der Waals surface area contributed by atoms with Crippen molar-refractivity contribution in [1.29, 1.82) is 0 Å². The van der Waals surface area contributed by atoms with Crippen molar-refractivity contribution >= 4 is 19.2 Å². The lowest BCUT2D eigenvalue weighted by Gasteiger charge is -2.40. The van der Waals surface area contributed by atoms with Crippen molar-refractivity contribution in [3.05, 3.63) is 132 Å². The molecule has 1 N–H and O–H groups in total. The van der Waals surface area contributed by atoms with Crippen LogP contribution in [0.1, 0.15) is 49.1 Å². The fourth-order valence-electron chi connectivity index (χ4n) is 5.15. The van der Waals surface area contributed by atoms with Crippen molar-refractivity contribution < 1.29 is 9.16 Å². The Bertz CT molecular complexity index is 1560. The summed E-state index contributed by atoms with van der Waals surface area (Å²) in [5.41, 5.74) is 5.94. The van der Waals surface area contributed by atoms with Gasteiger partial charge in [-0.25, -0.2) is 0 Å². The molecule has 6 heteroatoms. The quantitative estimate of drug-likeness (QED) is 0.139. The van der Waals surface area contributed by atoms with E-state index in [9.17, 15) is 0 Å². The second-order valence-electron chi connectivity index (χ2n) is 12.9. The monoisotopic (exact) mass is 591 g/mol. The zero-order valence-electron chi connectivity index (χ0n) is 26.2. The van der Waals surface area contributed by atoms with E-state index < -0.39 is 8.32 Å². The number of ether oxygens (including phenoxy) is 1. The fourth-order valence-corrected chi connectivity index (χ4v) is 6.42. The van der Waals surface area contributed by atoms with E-state index in [2.05, 4.69) is 116 Å². The van der Waals surface area contributed by atoms with Crippen LogP contribution in [0.3, 0.4) is 0 Å². The summed E-state index contributed by atoms with van der Waals surface area (Å²) in [5, 5.41) is 1.33. The third-order valence-electron chi connectivity index (χ3n) is 8.67. The van der Waals surface area contributed by atoms with Crippen LogP contribution in [0.4, 0.5) is 0 Å². The average molecular weight is 592 g/mol. The number of aromatic nitrogens is 2. The molecule has 0 spiro atoms. The van der Waals surface area contributed by atoms with Crippen molar-refractivity contribution in [2.75, 3.05) is 13.1 Å². The number of aromatic amines is 1. The molecule has 3 aromatic carbocycles. The summed E-state index contributed by atoms with van der Waals surface area (Å²) in [5.74, 6) is 0.883. The van der Waals surface area contributed by atoms with Gasteiger partial charge >= 0.3 is 0 Å². The van der Waals surface area contributed by atoms with Gasteiger partial charge in [-0.3, -0.25) is 9.88 Å². The number of hydrogen-bond donors (Lipinski definition) is 1. The van der Waals surface area contributed by atoms with E-state index in [4.69, 9.17) is 9.16 Å².